The van der Waals surface area contributed by atoms with E-state index in [0.29, 0.717) is 35.8 Å². The van der Waals surface area contributed by atoms with Gasteiger partial charge in [-0.3, -0.25) is 0 Å². The van der Waals surface area contributed by atoms with Crippen molar-refractivity contribution in [3.63, 3.8) is 0 Å². The van der Waals surface area contributed by atoms with E-state index in [0.717, 1.165) is 0 Å². The second-order valence-corrected chi connectivity index (χ2v) is 5.98. The zero-order chi connectivity index (χ0) is 16.6. The first-order valence-corrected chi connectivity index (χ1v) is 7.57. The third-order valence-electron chi connectivity index (χ3n) is 4.14. The molecule has 0 spiro atoms. The second-order valence-electron chi connectivity index (χ2n) is 5.54. The number of carbonyl (C=O) groups is 1. The molecule has 1 heterocycles. The number of aromatic carboxylic acids is 1. The highest BCUT2D eigenvalue weighted by Gasteiger charge is 2.29. The molecule has 1 fully saturated rings. The van der Waals surface area contributed by atoms with Gasteiger partial charge in [-0.15, -0.1) is 0 Å². The monoisotopic (exact) mass is 337 g/mol. The third-order valence-corrected chi connectivity index (χ3v) is 4.37. The molecule has 0 aliphatic carbocycles. The zero-order valence-electron chi connectivity index (χ0n) is 12.1. The summed E-state index contributed by atoms with van der Waals surface area (Å²) in [6.45, 7) is 0.968. The highest BCUT2D eigenvalue weighted by atomic mass is 35.5. The molecule has 120 valence electrons. The fourth-order valence-corrected chi connectivity index (χ4v) is 3.16. The molecule has 3 nitrogen and oxygen atoms in total. The molecule has 0 aromatic heterocycles. The van der Waals surface area contributed by atoms with Crippen LogP contribution in [0.1, 0.15) is 28.3 Å². The Balaban J connectivity index is 1.87. The predicted octanol–water partition coefficient (Wildman–Crippen LogP) is 4.31. The van der Waals surface area contributed by atoms with Crippen LogP contribution in [0.25, 0.3) is 0 Å². The van der Waals surface area contributed by atoms with Gasteiger partial charge in [0, 0.05) is 24.0 Å². The van der Waals surface area contributed by atoms with E-state index in [-0.39, 0.29) is 17.3 Å². The van der Waals surface area contributed by atoms with Gasteiger partial charge in [0.25, 0.3) is 0 Å². The van der Waals surface area contributed by atoms with Crippen LogP contribution in [0.3, 0.4) is 0 Å². The van der Waals surface area contributed by atoms with Crippen LogP contribution in [0.5, 0.6) is 0 Å². The highest BCUT2D eigenvalue weighted by Crippen LogP contribution is 2.34. The molecule has 0 radical (unpaired) electrons. The first kappa shape index (κ1) is 15.7. The van der Waals surface area contributed by atoms with E-state index >= 15 is 0 Å². The van der Waals surface area contributed by atoms with Crippen molar-refractivity contribution in [1.82, 2.24) is 0 Å². The molecule has 2 aromatic rings. The van der Waals surface area contributed by atoms with Crippen molar-refractivity contribution in [3.8, 4) is 0 Å². The number of hydrogen-bond acceptors (Lipinski definition) is 2. The number of carboxylic acids is 1. The lowest BCUT2D eigenvalue weighted by Gasteiger charge is -2.20. The smallest absolute Gasteiger partial charge is 0.338 e. The lowest BCUT2D eigenvalue weighted by atomic mass is 9.96. The first-order valence-electron chi connectivity index (χ1n) is 7.19. The summed E-state index contributed by atoms with van der Waals surface area (Å²) in [4.78, 5) is 12.8. The average Bonchev–Trinajstić information content (AvgIpc) is 2.99. The maximum absolute atomic E-state index is 14.4. The van der Waals surface area contributed by atoms with E-state index in [9.17, 15) is 13.6 Å². The highest BCUT2D eigenvalue weighted by molar-refractivity contribution is 6.30. The summed E-state index contributed by atoms with van der Waals surface area (Å²) in [6, 6.07) is 8.68. The van der Waals surface area contributed by atoms with Gasteiger partial charge >= 0.3 is 5.97 Å². The largest absolute Gasteiger partial charge is 0.478 e. The molecule has 1 atom stereocenters. The van der Waals surface area contributed by atoms with Gasteiger partial charge in [-0.2, -0.15) is 0 Å². The van der Waals surface area contributed by atoms with Crippen molar-refractivity contribution in [2.45, 2.75) is 12.3 Å². The van der Waals surface area contributed by atoms with Gasteiger partial charge < -0.3 is 10.0 Å². The van der Waals surface area contributed by atoms with Crippen LogP contribution in [0.15, 0.2) is 36.4 Å². The Morgan fingerprint density at radius 1 is 1.26 bits per heavy atom. The minimum absolute atomic E-state index is 0.187. The van der Waals surface area contributed by atoms with Gasteiger partial charge in [0.2, 0.25) is 0 Å². The van der Waals surface area contributed by atoms with Crippen LogP contribution in [-0.2, 0) is 0 Å². The summed E-state index contributed by atoms with van der Waals surface area (Å²) in [5, 5.41) is 9.45. The average molecular weight is 338 g/mol. The first-order chi connectivity index (χ1) is 11.0. The number of carboxylic acid groups (broad SMARTS) is 1. The van der Waals surface area contributed by atoms with Crippen LogP contribution < -0.4 is 4.90 Å². The summed E-state index contributed by atoms with van der Waals surface area (Å²) in [6.07, 6.45) is 0.617. The Kier molecular flexibility index (Phi) is 4.22. The fourth-order valence-electron chi connectivity index (χ4n) is 2.99. The Bertz CT molecular complexity index is 766. The van der Waals surface area contributed by atoms with Crippen molar-refractivity contribution in [1.29, 1.82) is 0 Å². The van der Waals surface area contributed by atoms with Crippen LogP contribution in [0.4, 0.5) is 14.5 Å². The van der Waals surface area contributed by atoms with Crippen molar-refractivity contribution in [3.05, 3.63) is 64.2 Å². The minimum Gasteiger partial charge on any atom is -0.478 e. The van der Waals surface area contributed by atoms with Gasteiger partial charge in [0.1, 0.15) is 11.6 Å². The Labute approximate surface area is 137 Å². The van der Waals surface area contributed by atoms with Gasteiger partial charge in [0.05, 0.1) is 11.3 Å². The number of hydrogen-bond donors (Lipinski definition) is 1. The Morgan fingerprint density at radius 2 is 2.04 bits per heavy atom. The quantitative estimate of drug-likeness (QED) is 0.907. The van der Waals surface area contributed by atoms with Crippen molar-refractivity contribution < 1.29 is 18.7 Å². The van der Waals surface area contributed by atoms with Gasteiger partial charge in [-0.1, -0.05) is 23.7 Å². The van der Waals surface area contributed by atoms with Crippen molar-refractivity contribution >= 4 is 23.3 Å². The number of rotatable bonds is 3. The number of halogens is 3. The Morgan fingerprint density at radius 3 is 2.78 bits per heavy atom. The van der Waals surface area contributed by atoms with Crippen LogP contribution in [-0.4, -0.2) is 24.2 Å². The fraction of sp³-hybridized carbons (Fsp3) is 0.235. The topological polar surface area (TPSA) is 40.5 Å². The van der Waals surface area contributed by atoms with Crippen LogP contribution >= 0.6 is 11.6 Å². The van der Waals surface area contributed by atoms with Gasteiger partial charge in [-0.05, 0) is 36.2 Å². The standard InChI is InChI=1S/C17H14ClF2NO2/c18-11-4-5-14(19)15(8-11)21-7-6-10(9-21)12-2-1-3-13(16(12)20)17(22)23/h1-5,8,10H,6-7,9H2,(H,22,23). The van der Waals surface area contributed by atoms with Crippen LogP contribution in [0.2, 0.25) is 5.02 Å². The summed E-state index contributed by atoms with van der Waals surface area (Å²) in [7, 11) is 0. The SMILES string of the molecule is O=C(O)c1cccc(C2CCN(c3cc(Cl)ccc3F)C2)c1F. The summed E-state index contributed by atoms with van der Waals surface area (Å²) < 4.78 is 28.3. The molecule has 0 amide bonds. The molecular formula is C17H14ClF2NO2. The molecule has 1 aliphatic rings. The summed E-state index contributed by atoms with van der Waals surface area (Å²) in [5.41, 5.74) is 0.402. The van der Waals surface area contributed by atoms with E-state index < -0.39 is 11.8 Å². The zero-order valence-corrected chi connectivity index (χ0v) is 12.9. The number of benzene rings is 2. The normalized spacial score (nSPS) is 17.5. The summed E-state index contributed by atoms with van der Waals surface area (Å²) >= 11 is 5.91. The predicted molar refractivity (Wildman–Crippen MR) is 84.3 cm³/mol. The summed E-state index contributed by atoms with van der Waals surface area (Å²) in [5.74, 6) is -2.57. The van der Waals surface area contributed by atoms with Gasteiger partial charge in [-0.25, -0.2) is 13.6 Å². The van der Waals surface area contributed by atoms with E-state index in [1.54, 1.807) is 17.0 Å². The molecule has 0 saturated carbocycles. The van der Waals surface area contributed by atoms with Crippen molar-refractivity contribution in [2.75, 3.05) is 18.0 Å². The molecule has 6 heteroatoms. The van der Waals surface area contributed by atoms with E-state index in [4.69, 9.17) is 16.7 Å². The van der Waals surface area contributed by atoms with Gasteiger partial charge in [0.15, 0.2) is 0 Å². The van der Waals surface area contributed by atoms with E-state index in [1.807, 2.05) is 0 Å². The number of anilines is 1. The van der Waals surface area contributed by atoms with Crippen LogP contribution in [0, 0.1) is 11.6 Å². The minimum atomic E-state index is -1.29. The number of nitrogens with zero attached hydrogens (tertiary/aromatic N) is 1. The molecule has 1 aliphatic heterocycles. The van der Waals surface area contributed by atoms with E-state index in [2.05, 4.69) is 0 Å². The maximum Gasteiger partial charge on any atom is 0.338 e. The molecule has 23 heavy (non-hydrogen) atoms. The molecule has 1 unspecified atom stereocenters. The third kappa shape index (κ3) is 3.01. The molecule has 1 saturated heterocycles. The molecule has 1 N–H and O–H groups in total. The Hall–Kier alpha value is -2.14. The molecule has 3 rings (SSSR count). The molecule has 2 aromatic carbocycles. The van der Waals surface area contributed by atoms with E-state index in [1.165, 1.54) is 24.3 Å². The lowest BCUT2D eigenvalue weighted by Crippen LogP contribution is -2.20. The molecule has 0 bridgehead atoms. The maximum atomic E-state index is 14.4. The lowest BCUT2D eigenvalue weighted by molar-refractivity contribution is 0.0691. The second kappa shape index (κ2) is 6.16. The van der Waals surface area contributed by atoms with Crippen molar-refractivity contribution in [2.24, 2.45) is 0 Å². The molecular weight excluding hydrogens is 324 g/mol.